The minimum Gasteiger partial charge on any atom is -0.493 e. The molecule has 0 N–H and O–H groups in total. The van der Waals surface area contributed by atoms with Gasteiger partial charge < -0.3 is 14.4 Å². The molecule has 2 aromatic carbocycles. The van der Waals surface area contributed by atoms with Gasteiger partial charge in [0.05, 0.1) is 30.0 Å². The van der Waals surface area contributed by atoms with E-state index in [4.69, 9.17) is 9.47 Å². The van der Waals surface area contributed by atoms with E-state index in [1.54, 1.807) is 48.6 Å². The van der Waals surface area contributed by atoms with Gasteiger partial charge in [-0.05, 0) is 61.9 Å². The highest BCUT2D eigenvalue weighted by atomic mass is 28.3. The van der Waals surface area contributed by atoms with Crippen molar-refractivity contribution in [3.05, 3.63) is 77.0 Å². The molecule has 0 spiro atoms. The number of benzene rings is 2. The van der Waals surface area contributed by atoms with Gasteiger partial charge in [-0.25, -0.2) is 9.07 Å². The van der Waals surface area contributed by atoms with Crippen LogP contribution in [0, 0.1) is 24.1 Å². The van der Waals surface area contributed by atoms with Crippen LogP contribution in [-0.4, -0.2) is 53.9 Å². The Morgan fingerprint density at radius 3 is 2.66 bits per heavy atom. The van der Waals surface area contributed by atoms with Gasteiger partial charge >= 0.3 is 0 Å². The summed E-state index contributed by atoms with van der Waals surface area (Å²) in [5, 5.41) is 14.7. The number of rotatable bonds is 11. The first kappa shape index (κ1) is 29.9. The SMILES string of the molecule is CCOc1cc(C(=O)N(C)Cc2cnc(C)c3cnn(COCC[Si](C)(C)C)c23)ccc1-c1cc(F)cc(C#N)c1. The van der Waals surface area contributed by atoms with Crippen LogP contribution < -0.4 is 4.74 Å². The number of pyridine rings is 1. The molecule has 8 nitrogen and oxygen atoms in total. The Labute approximate surface area is 241 Å². The first-order valence-electron chi connectivity index (χ1n) is 13.6. The maximum atomic E-state index is 14.1. The fourth-order valence-electron chi connectivity index (χ4n) is 4.56. The smallest absolute Gasteiger partial charge is 0.254 e. The standard InChI is InChI=1S/C31H36FN5O3Si/c1-7-40-29-15-23(8-9-27(29)24-12-22(16-33)13-26(32)14-24)31(38)36(3)19-25-17-34-21(2)28-18-35-37(30(25)28)20-39-10-11-41(4,5)6/h8-9,12-15,17-18H,7,10-11,19-20H2,1-6H3. The third kappa shape index (κ3) is 7.17. The van der Waals surface area contributed by atoms with Crippen molar-refractivity contribution >= 4 is 24.9 Å². The lowest BCUT2D eigenvalue weighted by Crippen LogP contribution is -2.27. The Hall–Kier alpha value is -4.07. The van der Waals surface area contributed by atoms with Gasteiger partial charge in [-0.3, -0.25) is 9.78 Å². The van der Waals surface area contributed by atoms with Gasteiger partial charge in [0, 0.05) is 62.2 Å². The van der Waals surface area contributed by atoms with E-state index in [2.05, 4.69) is 29.7 Å². The highest BCUT2D eigenvalue weighted by Crippen LogP contribution is 2.33. The fraction of sp³-hybridized carbons (Fsp3) is 0.355. The summed E-state index contributed by atoms with van der Waals surface area (Å²) >= 11 is 0. The molecule has 4 aromatic rings. The number of hydrogen-bond acceptors (Lipinski definition) is 6. The Morgan fingerprint density at radius 2 is 1.95 bits per heavy atom. The molecule has 0 saturated carbocycles. The number of nitrogens with zero attached hydrogens (tertiary/aromatic N) is 5. The molecule has 0 aliphatic carbocycles. The Kier molecular flexibility index (Phi) is 9.20. The van der Waals surface area contributed by atoms with Gasteiger partial charge in [-0.15, -0.1) is 0 Å². The lowest BCUT2D eigenvalue weighted by Gasteiger charge is -2.20. The van der Waals surface area contributed by atoms with E-state index >= 15 is 0 Å². The Bertz CT molecular complexity index is 1610. The number of carbonyl (C=O) groups is 1. The lowest BCUT2D eigenvalue weighted by atomic mass is 10.00. The highest BCUT2D eigenvalue weighted by Gasteiger charge is 2.20. The highest BCUT2D eigenvalue weighted by molar-refractivity contribution is 6.76. The maximum absolute atomic E-state index is 14.1. The van der Waals surface area contributed by atoms with Crippen LogP contribution in [0.4, 0.5) is 4.39 Å². The third-order valence-electron chi connectivity index (χ3n) is 6.78. The number of aromatic nitrogens is 3. The van der Waals surface area contributed by atoms with E-state index in [-0.39, 0.29) is 11.5 Å². The summed E-state index contributed by atoms with van der Waals surface area (Å²) in [6.45, 7) is 12.4. The minimum atomic E-state index is -1.21. The van der Waals surface area contributed by atoms with E-state index in [0.29, 0.717) is 48.9 Å². The van der Waals surface area contributed by atoms with Crippen LogP contribution in [0.1, 0.15) is 34.1 Å². The fourth-order valence-corrected chi connectivity index (χ4v) is 5.32. The second-order valence-corrected chi connectivity index (χ2v) is 16.9. The summed E-state index contributed by atoms with van der Waals surface area (Å²) in [6, 6.07) is 12.2. The molecule has 10 heteroatoms. The van der Waals surface area contributed by atoms with Gasteiger partial charge in [-0.2, -0.15) is 10.4 Å². The molecule has 214 valence electrons. The molecular weight excluding hydrogens is 537 g/mol. The van der Waals surface area contributed by atoms with E-state index in [1.807, 2.05) is 24.6 Å². The van der Waals surface area contributed by atoms with Gasteiger partial charge in [-0.1, -0.05) is 19.6 Å². The molecule has 2 aromatic heterocycles. The van der Waals surface area contributed by atoms with Gasteiger partial charge in [0.1, 0.15) is 18.3 Å². The van der Waals surface area contributed by atoms with Crippen molar-refractivity contribution in [2.45, 2.75) is 52.8 Å². The van der Waals surface area contributed by atoms with Gasteiger partial charge in [0.25, 0.3) is 5.91 Å². The molecular formula is C31H36FN5O3Si. The quantitative estimate of drug-likeness (QED) is 0.152. The van der Waals surface area contributed by atoms with Crippen LogP contribution in [0.15, 0.2) is 48.8 Å². The summed E-state index contributed by atoms with van der Waals surface area (Å²) in [4.78, 5) is 19.7. The van der Waals surface area contributed by atoms with Crippen molar-refractivity contribution in [3.8, 4) is 22.9 Å². The molecule has 41 heavy (non-hydrogen) atoms. The third-order valence-corrected chi connectivity index (χ3v) is 8.48. The molecule has 4 rings (SSSR count). The van der Waals surface area contributed by atoms with Crippen LogP contribution in [0.25, 0.3) is 22.0 Å². The molecule has 1 amide bonds. The largest absolute Gasteiger partial charge is 0.493 e. The predicted molar refractivity (Wildman–Crippen MR) is 160 cm³/mol. The molecule has 0 atom stereocenters. The van der Waals surface area contributed by atoms with Crippen LogP contribution in [-0.2, 0) is 18.0 Å². The molecule has 0 bridgehead atoms. The summed E-state index contributed by atoms with van der Waals surface area (Å²) in [5.41, 5.74) is 4.36. The van der Waals surface area contributed by atoms with Crippen molar-refractivity contribution in [2.75, 3.05) is 20.3 Å². The van der Waals surface area contributed by atoms with Gasteiger partial charge in [0.2, 0.25) is 0 Å². The minimum absolute atomic E-state index is 0.208. The number of nitriles is 1. The molecule has 0 aliphatic heterocycles. The van der Waals surface area contributed by atoms with Crippen molar-refractivity contribution in [1.82, 2.24) is 19.7 Å². The predicted octanol–water partition coefficient (Wildman–Crippen LogP) is 6.40. The van der Waals surface area contributed by atoms with E-state index < -0.39 is 13.9 Å². The van der Waals surface area contributed by atoms with E-state index in [0.717, 1.165) is 28.2 Å². The summed E-state index contributed by atoms with van der Waals surface area (Å²) in [7, 11) is 0.529. The summed E-state index contributed by atoms with van der Waals surface area (Å²) in [5.74, 6) is -0.282. The van der Waals surface area contributed by atoms with Crippen LogP contribution in [0.2, 0.25) is 25.7 Å². The lowest BCUT2D eigenvalue weighted by molar-refractivity contribution is 0.0781. The first-order valence-corrected chi connectivity index (χ1v) is 17.3. The second-order valence-electron chi connectivity index (χ2n) is 11.3. The van der Waals surface area contributed by atoms with E-state index in [1.165, 1.54) is 12.1 Å². The number of amides is 1. The number of fused-ring (bicyclic) bond motifs is 1. The van der Waals surface area contributed by atoms with Crippen LogP contribution >= 0.6 is 0 Å². The average Bonchev–Trinajstić information content (AvgIpc) is 3.36. The van der Waals surface area contributed by atoms with Crippen molar-refractivity contribution in [1.29, 1.82) is 5.26 Å². The summed E-state index contributed by atoms with van der Waals surface area (Å²) < 4.78 is 27.8. The van der Waals surface area contributed by atoms with Crippen molar-refractivity contribution < 1.29 is 18.7 Å². The zero-order chi connectivity index (χ0) is 29.7. The Morgan fingerprint density at radius 1 is 1.17 bits per heavy atom. The summed E-state index contributed by atoms with van der Waals surface area (Å²) in [6.07, 6.45) is 3.58. The Balaban J connectivity index is 1.58. The topological polar surface area (TPSA) is 93.3 Å². The van der Waals surface area contributed by atoms with Gasteiger partial charge in [0.15, 0.2) is 0 Å². The number of hydrogen-bond donors (Lipinski definition) is 0. The zero-order valence-electron chi connectivity index (χ0n) is 24.5. The van der Waals surface area contributed by atoms with E-state index in [9.17, 15) is 14.4 Å². The number of halogens is 1. The molecule has 2 heterocycles. The molecule has 0 fully saturated rings. The zero-order valence-corrected chi connectivity index (χ0v) is 25.5. The number of aryl methyl sites for hydroxylation is 1. The average molecular weight is 574 g/mol. The molecule has 0 aliphatic rings. The second kappa shape index (κ2) is 12.6. The molecule has 0 radical (unpaired) electrons. The van der Waals surface area contributed by atoms with Crippen molar-refractivity contribution in [3.63, 3.8) is 0 Å². The van der Waals surface area contributed by atoms with Crippen molar-refractivity contribution in [2.24, 2.45) is 0 Å². The van der Waals surface area contributed by atoms with Crippen LogP contribution in [0.5, 0.6) is 5.75 Å². The first-order chi connectivity index (χ1) is 19.5. The maximum Gasteiger partial charge on any atom is 0.254 e. The monoisotopic (exact) mass is 573 g/mol. The normalized spacial score (nSPS) is 11.5. The number of ether oxygens (including phenoxy) is 2. The molecule has 0 unspecified atom stereocenters. The number of carbonyl (C=O) groups excluding carboxylic acids is 1. The molecule has 0 saturated heterocycles. The van der Waals surface area contributed by atoms with Crippen LogP contribution in [0.3, 0.4) is 0 Å².